The van der Waals surface area contributed by atoms with Crippen LogP contribution in [-0.2, 0) is 13.1 Å². The summed E-state index contributed by atoms with van der Waals surface area (Å²) in [4.78, 5) is 6.03. The molecule has 1 aromatic heterocycles. The summed E-state index contributed by atoms with van der Waals surface area (Å²) < 4.78 is 11.6. The van der Waals surface area contributed by atoms with Crippen LogP contribution in [0.2, 0.25) is 0 Å². The molecule has 0 aliphatic carbocycles. The number of rotatable bonds is 6. The zero-order chi connectivity index (χ0) is 16.9. The van der Waals surface area contributed by atoms with Gasteiger partial charge in [0.15, 0.2) is 11.5 Å². The number of methoxy groups -OCH3 is 2. The lowest BCUT2D eigenvalue weighted by Crippen LogP contribution is -2.43. The lowest BCUT2D eigenvalue weighted by Gasteiger charge is -2.36. The fraction of sp³-hybridized carbons (Fsp3) is 0.353. The van der Waals surface area contributed by atoms with E-state index in [4.69, 9.17) is 21.7 Å². The van der Waals surface area contributed by atoms with E-state index in [2.05, 4.69) is 33.4 Å². The smallest absolute Gasteiger partial charge is 0.161 e. The van der Waals surface area contributed by atoms with Crippen LogP contribution in [0.4, 0.5) is 0 Å². The van der Waals surface area contributed by atoms with E-state index >= 15 is 0 Å². The van der Waals surface area contributed by atoms with E-state index in [1.807, 2.05) is 12.1 Å². The maximum absolute atomic E-state index is 5.55. The molecule has 1 fully saturated rings. The summed E-state index contributed by atoms with van der Waals surface area (Å²) >= 11 is 9.07. The molecule has 0 bridgehead atoms. The van der Waals surface area contributed by atoms with Gasteiger partial charge in [0, 0.05) is 18.0 Å². The Kier molecular flexibility index (Phi) is 5.99. The van der Waals surface area contributed by atoms with E-state index in [0.717, 1.165) is 47.0 Å². The predicted octanol–water partition coefficient (Wildman–Crippen LogP) is 4.02. The number of ether oxygens (including phenoxy) is 2. The van der Waals surface area contributed by atoms with Gasteiger partial charge in [-0.1, -0.05) is 36.1 Å². The average molecular weight is 381 g/mol. The molecule has 0 N–H and O–H groups in total. The Morgan fingerprint density at radius 1 is 1.12 bits per heavy atom. The van der Waals surface area contributed by atoms with Crippen molar-refractivity contribution < 1.29 is 9.47 Å². The van der Waals surface area contributed by atoms with Gasteiger partial charge in [-0.15, -0.1) is 11.3 Å². The second kappa shape index (κ2) is 8.20. The molecule has 1 aliphatic rings. The molecule has 3 rings (SSSR count). The van der Waals surface area contributed by atoms with Crippen LogP contribution in [0.5, 0.6) is 11.5 Å². The Hall–Kier alpha value is -1.28. The van der Waals surface area contributed by atoms with E-state index in [1.165, 1.54) is 4.88 Å². The second-order valence-corrected chi connectivity index (χ2v) is 8.09. The normalized spacial score (nSPS) is 15.6. The fourth-order valence-corrected chi connectivity index (χ4v) is 4.41. The summed E-state index contributed by atoms with van der Waals surface area (Å²) in [5.74, 6) is 2.44. The van der Waals surface area contributed by atoms with Gasteiger partial charge in [-0.2, -0.15) is 0 Å². The van der Waals surface area contributed by atoms with Gasteiger partial charge in [-0.25, -0.2) is 0 Å². The fourth-order valence-electron chi connectivity index (χ4n) is 2.61. The summed E-state index contributed by atoms with van der Waals surface area (Å²) in [5, 5.41) is 2.12. The largest absolute Gasteiger partial charge is 0.493 e. The molecule has 0 unspecified atom stereocenters. The van der Waals surface area contributed by atoms with Crippen molar-refractivity contribution in [3.63, 3.8) is 0 Å². The summed E-state index contributed by atoms with van der Waals surface area (Å²) in [5.41, 5.74) is 1.16. The Labute approximate surface area is 156 Å². The van der Waals surface area contributed by atoms with Crippen LogP contribution in [-0.4, -0.2) is 40.9 Å². The third-order valence-electron chi connectivity index (χ3n) is 3.78. The Bertz CT molecular complexity index is 691. The van der Waals surface area contributed by atoms with Crippen LogP contribution in [0.15, 0.2) is 35.7 Å². The van der Waals surface area contributed by atoms with Crippen LogP contribution in [0.25, 0.3) is 0 Å². The van der Waals surface area contributed by atoms with Crippen molar-refractivity contribution >= 4 is 39.6 Å². The van der Waals surface area contributed by atoms with Crippen molar-refractivity contribution in [3.05, 3.63) is 46.2 Å². The first-order valence-corrected chi connectivity index (χ1v) is 9.84. The lowest BCUT2D eigenvalue weighted by molar-refractivity contribution is 0.202. The van der Waals surface area contributed by atoms with Crippen molar-refractivity contribution in [1.82, 2.24) is 9.80 Å². The SMILES string of the molecule is COc1ccc(CN2CN(Cc3cccs3)CSC2=S)cc1OC. The van der Waals surface area contributed by atoms with Gasteiger partial charge in [-0.3, -0.25) is 4.90 Å². The minimum atomic E-state index is 0.746. The van der Waals surface area contributed by atoms with Crippen LogP contribution < -0.4 is 9.47 Å². The molecule has 2 heterocycles. The average Bonchev–Trinajstić information content (AvgIpc) is 3.10. The highest BCUT2D eigenvalue weighted by atomic mass is 32.2. The molecular formula is C17H20N2O2S3. The lowest BCUT2D eigenvalue weighted by atomic mass is 10.2. The third kappa shape index (κ3) is 4.22. The molecule has 0 atom stereocenters. The number of benzene rings is 1. The number of thiocarbonyl (C=S) groups is 1. The van der Waals surface area contributed by atoms with Crippen molar-refractivity contribution in [1.29, 1.82) is 0 Å². The molecule has 128 valence electrons. The monoisotopic (exact) mass is 380 g/mol. The highest BCUT2D eigenvalue weighted by Crippen LogP contribution is 2.29. The Balaban J connectivity index is 1.67. The Morgan fingerprint density at radius 3 is 2.67 bits per heavy atom. The molecule has 0 radical (unpaired) electrons. The predicted molar refractivity (Wildman–Crippen MR) is 105 cm³/mol. The van der Waals surface area contributed by atoms with Crippen molar-refractivity contribution in [3.8, 4) is 11.5 Å². The first-order chi connectivity index (χ1) is 11.7. The van der Waals surface area contributed by atoms with Gasteiger partial charge in [0.2, 0.25) is 0 Å². The molecular weight excluding hydrogens is 360 g/mol. The number of nitrogens with zero attached hydrogens (tertiary/aromatic N) is 2. The maximum atomic E-state index is 5.55. The van der Waals surface area contributed by atoms with E-state index in [0.29, 0.717) is 0 Å². The van der Waals surface area contributed by atoms with Crippen LogP contribution >= 0.6 is 35.3 Å². The van der Waals surface area contributed by atoms with Gasteiger partial charge in [0.1, 0.15) is 4.32 Å². The second-order valence-electron chi connectivity index (χ2n) is 5.48. The van der Waals surface area contributed by atoms with Gasteiger partial charge >= 0.3 is 0 Å². The number of hydrogen-bond acceptors (Lipinski definition) is 6. The van der Waals surface area contributed by atoms with E-state index in [-0.39, 0.29) is 0 Å². The number of thiophene rings is 1. The van der Waals surface area contributed by atoms with Gasteiger partial charge in [0.05, 0.1) is 26.8 Å². The van der Waals surface area contributed by atoms with Crippen LogP contribution in [0.1, 0.15) is 10.4 Å². The van der Waals surface area contributed by atoms with Gasteiger partial charge in [-0.05, 0) is 29.1 Å². The number of thioether (sulfide) groups is 1. The first kappa shape index (κ1) is 17.5. The standard InChI is InChI=1S/C17H20N2O2S3/c1-20-15-6-5-13(8-16(15)21-2)9-19-11-18(12-24-17(19)22)10-14-4-3-7-23-14/h3-8H,9-12H2,1-2H3. The van der Waals surface area contributed by atoms with Crippen molar-refractivity contribution in [2.24, 2.45) is 0 Å². The summed E-state index contributed by atoms with van der Waals surface area (Å²) in [6, 6.07) is 10.3. The minimum Gasteiger partial charge on any atom is -0.493 e. The zero-order valence-electron chi connectivity index (χ0n) is 13.7. The Morgan fingerprint density at radius 2 is 1.96 bits per heavy atom. The minimum absolute atomic E-state index is 0.746. The summed E-state index contributed by atoms with van der Waals surface area (Å²) in [6.07, 6.45) is 0. The summed E-state index contributed by atoms with van der Waals surface area (Å²) in [6.45, 7) is 2.58. The van der Waals surface area contributed by atoms with Crippen molar-refractivity contribution in [2.45, 2.75) is 13.1 Å². The maximum Gasteiger partial charge on any atom is 0.161 e. The first-order valence-electron chi connectivity index (χ1n) is 7.57. The molecule has 2 aromatic rings. The van der Waals surface area contributed by atoms with Gasteiger partial charge < -0.3 is 14.4 Å². The number of hydrogen-bond donors (Lipinski definition) is 0. The van der Waals surface area contributed by atoms with Crippen LogP contribution in [0.3, 0.4) is 0 Å². The summed E-state index contributed by atoms with van der Waals surface area (Å²) in [7, 11) is 3.31. The van der Waals surface area contributed by atoms with Crippen LogP contribution in [0, 0.1) is 0 Å². The molecule has 0 saturated carbocycles. The third-order valence-corrected chi connectivity index (χ3v) is 6.25. The van der Waals surface area contributed by atoms with E-state index in [1.54, 1.807) is 37.3 Å². The topological polar surface area (TPSA) is 24.9 Å². The zero-order valence-corrected chi connectivity index (χ0v) is 16.2. The highest BCUT2D eigenvalue weighted by Gasteiger charge is 2.22. The molecule has 0 amide bonds. The molecule has 4 nitrogen and oxygen atoms in total. The molecule has 0 spiro atoms. The van der Waals surface area contributed by atoms with E-state index in [9.17, 15) is 0 Å². The molecule has 24 heavy (non-hydrogen) atoms. The molecule has 7 heteroatoms. The highest BCUT2D eigenvalue weighted by molar-refractivity contribution is 8.22. The quantitative estimate of drug-likeness (QED) is 0.702. The molecule has 1 aliphatic heterocycles. The molecule has 1 aromatic carbocycles. The van der Waals surface area contributed by atoms with E-state index < -0.39 is 0 Å². The molecule has 1 saturated heterocycles. The van der Waals surface area contributed by atoms with Crippen molar-refractivity contribution in [2.75, 3.05) is 26.8 Å². The van der Waals surface area contributed by atoms with Gasteiger partial charge in [0.25, 0.3) is 0 Å².